The van der Waals surface area contributed by atoms with Crippen LogP contribution in [0.4, 0.5) is 8.78 Å². The van der Waals surface area contributed by atoms with E-state index in [-0.39, 0.29) is 11.3 Å². The number of aryl methyl sites for hydroxylation is 1. The van der Waals surface area contributed by atoms with Gasteiger partial charge in [0.2, 0.25) is 5.91 Å². The molecule has 0 fully saturated rings. The summed E-state index contributed by atoms with van der Waals surface area (Å²) < 4.78 is 56.7. The highest BCUT2D eigenvalue weighted by atomic mass is 32.2. The number of carbonyl (C=O) groups is 1. The van der Waals surface area contributed by atoms with Crippen molar-refractivity contribution in [3.8, 4) is 0 Å². The zero-order valence-electron chi connectivity index (χ0n) is 16.4. The number of nitrogens with one attached hydrogen (secondary N) is 1. The lowest BCUT2D eigenvalue weighted by atomic mass is 9.96. The van der Waals surface area contributed by atoms with Crippen molar-refractivity contribution in [2.45, 2.75) is 43.4 Å². The molecule has 0 aliphatic rings. The molecule has 0 aliphatic carbocycles. The van der Waals surface area contributed by atoms with E-state index in [1.807, 2.05) is 0 Å². The molecule has 0 radical (unpaired) electrons. The van der Waals surface area contributed by atoms with E-state index in [1.165, 1.54) is 12.1 Å². The van der Waals surface area contributed by atoms with Crippen LogP contribution in [0.15, 0.2) is 47.4 Å². The first-order chi connectivity index (χ1) is 14.0. The molecule has 164 valence electrons. The lowest BCUT2D eigenvalue weighted by Gasteiger charge is -2.26. The lowest BCUT2D eigenvalue weighted by Crippen LogP contribution is -2.41. The fourth-order valence-corrected chi connectivity index (χ4v) is 3.73. The van der Waals surface area contributed by atoms with Crippen molar-refractivity contribution in [1.82, 2.24) is 5.32 Å². The second-order valence-electron chi connectivity index (χ2n) is 6.86. The van der Waals surface area contributed by atoms with Crippen LogP contribution in [0.3, 0.4) is 0 Å². The van der Waals surface area contributed by atoms with E-state index >= 15 is 0 Å². The Labute approximate surface area is 173 Å². The highest BCUT2D eigenvalue weighted by Gasteiger charge is 2.28. The Morgan fingerprint density at radius 1 is 1.13 bits per heavy atom. The number of amides is 1. The van der Waals surface area contributed by atoms with Gasteiger partial charge in [0.15, 0.2) is 0 Å². The largest absolute Gasteiger partial charge is 0.391 e. The second-order valence-corrected chi connectivity index (χ2v) is 8.47. The Bertz CT molecular complexity index is 981. The third-order valence-electron chi connectivity index (χ3n) is 4.30. The van der Waals surface area contributed by atoms with E-state index in [2.05, 4.69) is 5.32 Å². The van der Waals surface area contributed by atoms with E-state index in [0.717, 1.165) is 30.7 Å². The van der Waals surface area contributed by atoms with Crippen molar-refractivity contribution in [2.75, 3.05) is 6.61 Å². The fourth-order valence-electron chi connectivity index (χ4n) is 2.79. The average Bonchev–Trinajstić information content (AvgIpc) is 2.67. The van der Waals surface area contributed by atoms with Gasteiger partial charge in [-0.05, 0) is 43.7 Å². The molecule has 10 heteroatoms. The molecule has 0 saturated carbocycles. The fraction of sp³-hybridized carbons (Fsp3) is 0.350. The van der Waals surface area contributed by atoms with E-state index in [4.69, 9.17) is 4.18 Å². The van der Waals surface area contributed by atoms with Crippen LogP contribution >= 0.6 is 0 Å². The van der Waals surface area contributed by atoms with Gasteiger partial charge >= 0.3 is 0 Å². The van der Waals surface area contributed by atoms with Gasteiger partial charge in [0.1, 0.15) is 17.7 Å². The van der Waals surface area contributed by atoms with Crippen LogP contribution in [0, 0.1) is 18.6 Å². The standard InChI is InChI=1S/C20H23F2NO6S/c1-12-3-6-16(7-4-12)30(27,28)29-11-15(25)10-19(23-13(2)24)20(26)17-9-14(21)5-8-18(17)22/h3-9,15,19-20,25-26H,10-11H2,1-2H3,(H,23,24). The number of aliphatic hydroxyl groups excluding tert-OH is 2. The molecule has 0 bridgehead atoms. The highest BCUT2D eigenvalue weighted by molar-refractivity contribution is 7.86. The van der Waals surface area contributed by atoms with Gasteiger partial charge < -0.3 is 15.5 Å². The van der Waals surface area contributed by atoms with E-state index in [0.29, 0.717) is 0 Å². The first-order valence-corrected chi connectivity index (χ1v) is 10.4. The quantitative estimate of drug-likeness (QED) is 0.511. The molecule has 1 amide bonds. The summed E-state index contributed by atoms with van der Waals surface area (Å²) in [5, 5.41) is 23.0. The molecule has 2 aromatic carbocycles. The van der Waals surface area contributed by atoms with Crippen molar-refractivity contribution in [1.29, 1.82) is 0 Å². The van der Waals surface area contributed by atoms with Crippen molar-refractivity contribution in [2.24, 2.45) is 0 Å². The van der Waals surface area contributed by atoms with Crippen LogP contribution in [0.25, 0.3) is 0 Å². The second kappa shape index (κ2) is 10.1. The van der Waals surface area contributed by atoms with Gasteiger partial charge in [-0.15, -0.1) is 0 Å². The maximum absolute atomic E-state index is 14.0. The average molecular weight is 443 g/mol. The zero-order chi connectivity index (χ0) is 22.5. The highest BCUT2D eigenvalue weighted by Crippen LogP contribution is 2.24. The maximum Gasteiger partial charge on any atom is 0.297 e. The zero-order valence-corrected chi connectivity index (χ0v) is 17.2. The third-order valence-corrected chi connectivity index (χ3v) is 5.59. The first kappa shape index (κ1) is 23.9. The number of carbonyl (C=O) groups excluding carboxylic acids is 1. The summed E-state index contributed by atoms with van der Waals surface area (Å²) in [6.07, 6.45) is -3.50. The number of hydrogen-bond acceptors (Lipinski definition) is 6. The number of rotatable bonds is 9. The molecule has 30 heavy (non-hydrogen) atoms. The minimum Gasteiger partial charge on any atom is -0.391 e. The van der Waals surface area contributed by atoms with Crippen molar-refractivity contribution >= 4 is 16.0 Å². The van der Waals surface area contributed by atoms with Gasteiger partial charge in [-0.2, -0.15) is 8.42 Å². The SMILES string of the molecule is CC(=O)NC(CC(O)COS(=O)(=O)c1ccc(C)cc1)C(O)c1cc(F)ccc1F. The molecule has 0 spiro atoms. The van der Waals surface area contributed by atoms with Crippen molar-refractivity contribution in [3.63, 3.8) is 0 Å². The summed E-state index contributed by atoms with van der Waals surface area (Å²) in [6, 6.07) is 7.14. The number of aliphatic hydroxyl groups is 2. The van der Waals surface area contributed by atoms with Crippen LogP contribution in [-0.4, -0.2) is 43.3 Å². The Kier molecular flexibility index (Phi) is 8.02. The Morgan fingerprint density at radius 2 is 1.77 bits per heavy atom. The summed E-state index contributed by atoms with van der Waals surface area (Å²) in [5.74, 6) is -2.27. The van der Waals surface area contributed by atoms with Crippen molar-refractivity contribution < 1.29 is 36.4 Å². The summed E-state index contributed by atoms with van der Waals surface area (Å²) in [6.45, 7) is 2.27. The van der Waals surface area contributed by atoms with E-state index < -0.39 is 58.1 Å². The normalized spacial score (nSPS) is 14.7. The van der Waals surface area contributed by atoms with Gasteiger partial charge in [-0.1, -0.05) is 17.7 Å². The van der Waals surface area contributed by atoms with Gasteiger partial charge in [-0.3, -0.25) is 8.98 Å². The number of halogens is 2. The third kappa shape index (κ3) is 6.56. The number of hydrogen-bond donors (Lipinski definition) is 3. The maximum atomic E-state index is 14.0. The molecular formula is C20H23F2NO6S. The minimum atomic E-state index is -4.14. The topological polar surface area (TPSA) is 113 Å². The van der Waals surface area contributed by atoms with Crippen LogP contribution < -0.4 is 5.32 Å². The van der Waals surface area contributed by atoms with Gasteiger partial charge in [0.05, 0.1) is 23.6 Å². The summed E-state index contributed by atoms with van der Waals surface area (Å²) in [5.41, 5.74) is 0.444. The molecule has 3 atom stereocenters. The Morgan fingerprint density at radius 3 is 2.37 bits per heavy atom. The van der Waals surface area contributed by atoms with Gasteiger partial charge in [0, 0.05) is 12.5 Å². The van der Waals surface area contributed by atoms with Crippen LogP contribution in [-0.2, 0) is 19.1 Å². The Hall–Kier alpha value is -2.40. The first-order valence-electron chi connectivity index (χ1n) is 9.04. The molecule has 2 aromatic rings. The predicted octanol–water partition coefficient (Wildman–Crippen LogP) is 1.97. The summed E-state index contributed by atoms with van der Waals surface area (Å²) >= 11 is 0. The molecule has 2 rings (SSSR count). The van der Waals surface area contributed by atoms with Crippen LogP contribution in [0.1, 0.15) is 30.6 Å². The number of benzene rings is 2. The molecule has 0 saturated heterocycles. The molecule has 0 aromatic heterocycles. The van der Waals surface area contributed by atoms with Crippen molar-refractivity contribution in [3.05, 3.63) is 65.2 Å². The molecule has 0 aliphatic heterocycles. The minimum absolute atomic E-state index is 0.0967. The Balaban J connectivity index is 2.09. The van der Waals surface area contributed by atoms with E-state index in [9.17, 15) is 32.2 Å². The summed E-state index contributed by atoms with van der Waals surface area (Å²) in [7, 11) is -4.14. The summed E-state index contributed by atoms with van der Waals surface area (Å²) in [4.78, 5) is 11.4. The van der Waals surface area contributed by atoms with E-state index in [1.54, 1.807) is 19.1 Å². The molecule has 7 nitrogen and oxygen atoms in total. The predicted molar refractivity (Wildman–Crippen MR) is 104 cm³/mol. The molecule has 3 N–H and O–H groups in total. The molecule has 0 heterocycles. The monoisotopic (exact) mass is 443 g/mol. The van der Waals surface area contributed by atoms with Crippen LogP contribution in [0.2, 0.25) is 0 Å². The molecular weight excluding hydrogens is 420 g/mol. The van der Waals surface area contributed by atoms with Crippen LogP contribution in [0.5, 0.6) is 0 Å². The smallest absolute Gasteiger partial charge is 0.297 e. The van der Waals surface area contributed by atoms with Gasteiger partial charge in [-0.25, -0.2) is 8.78 Å². The molecule has 3 unspecified atom stereocenters. The van der Waals surface area contributed by atoms with Gasteiger partial charge in [0.25, 0.3) is 10.1 Å². The lowest BCUT2D eigenvalue weighted by molar-refractivity contribution is -0.120.